The summed E-state index contributed by atoms with van der Waals surface area (Å²) in [7, 11) is 0. The van der Waals surface area contributed by atoms with Gasteiger partial charge < -0.3 is 15.5 Å². The van der Waals surface area contributed by atoms with Crippen molar-refractivity contribution in [2.75, 3.05) is 13.1 Å². The first-order chi connectivity index (χ1) is 11.0. The number of carbonyl (C=O) groups is 1. The van der Waals surface area contributed by atoms with Crippen molar-refractivity contribution in [1.29, 1.82) is 0 Å². The van der Waals surface area contributed by atoms with E-state index in [1.54, 1.807) is 30.3 Å². The lowest BCUT2D eigenvalue weighted by molar-refractivity contribution is 0.0979. The number of hydrogen-bond acceptors (Lipinski definition) is 4. The maximum Gasteiger partial charge on any atom is 0.164 e. The standard InChI is InChI=1S/C17H17Cl2NO3/c18-14-6-3-12(9-15(14)19)17(23)10-20-8-7-16(22)11-1-4-13(21)5-2-11/h1-6,9,17,20-21,23H,7-8,10H2. The first kappa shape index (κ1) is 17.8. The Hall–Kier alpha value is -1.59. The first-order valence-electron chi connectivity index (χ1n) is 7.13. The van der Waals surface area contributed by atoms with Gasteiger partial charge in [0.05, 0.1) is 16.1 Å². The zero-order valence-corrected chi connectivity index (χ0v) is 13.8. The Morgan fingerprint density at radius 3 is 2.43 bits per heavy atom. The van der Waals surface area contributed by atoms with Gasteiger partial charge in [-0.15, -0.1) is 0 Å². The Morgan fingerprint density at radius 2 is 1.78 bits per heavy atom. The lowest BCUT2D eigenvalue weighted by Gasteiger charge is -2.13. The quantitative estimate of drug-likeness (QED) is 0.525. The summed E-state index contributed by atoms with van der Waals surface area (Å²) >= 11 is 11.7. The van der Waals surface area contributed by atoms with E-state index >= 15 is 0 Å². The van der Waals surface area contributed by atoms with Crippen LogP contribution in [0, 0.1) is 0 Å². The van der Waals surface area contributed by atoms with Crippen LogP contribution in [0.15, 0.2) is 42.5 Å². The summed E-state index contributed by atoms with van der Waals surface area (Å²) in [6.07, 6.45) is -0.424. The number of aliphatic hydroxyl groups is 1. The fraction of sp³-hybridized carbons (Fsp3) is 0.235. The van der Waals surface area contributed by atoms with Crippen molar-refractivity contribution in [1.82, 2.24) is 5.32 Å². The van der Waals surface area contributed by atoms with Crippen LogP contribution < -0.4 is 5.32 Å². The topological polar surface area (TPSA) is 69.6 Å². The molecule has 3 N–H and O–H groups in total. The third-order valence-electron chi connectivity index (χ3n) is 3.38. The SMILES string of the molecule is O=C(CCNCC(O)c1ccc(Cl)c(Cl)c1)c1ccc(O)cc1. The summed E-state index contributed by atoms with van der Waals surface area (Å²) in [4.78, 5) is 11.9. The van der Waals surface area contributed by atoms with Crippen LogP contribution in [0.1, 0.15) is 28.4 Å². The number of aliphatic hydroxyl groups excluding tert-OH is 1. The molecule has 23 heavy (non-hydrogen) atoms. The Kier molecular flexibility index (Phi) is 6.42. The number of rotatable bonds is 7. The molecule has 0 saturated carbocycles. The van der Waals surface area contributed by atoms with E-state index in [1.165, 1.54) is 12.1 Å². The molecule has 0 heterocycles. The molecule has 1 unspecified atom stereocenters. The summed E-state index contributed by atoms with van der Waals surface area (Å²) in [6.45, 7) is 0.749. The molecule has 2 rings (SSSR count). The number of aromatic hydroxyl groups is 1. The summed E-state index contributed by atoms with van der Waals surface area (Å²) in [5.74, 6) is 0.103. The number of hydrogen-bond donors (Lipinski definition) is 3. The maximum atomic E-state index is 11.9. The van der Waals surface area contributed by atoms with Crippen molar-refractivity contribution in [3.63, 3.8) is 0 Å². The highest BCUT2D eigenvalue weighted by Crippen LogP contribution is 2.25. The second kappa shape index (κ2) is 8.31. The number of ketones is 1. The van der Waals surface area contributed by atoms with Crippen molar-refractivity contribution in [2.45, 2.75) is 12.5 Å². The van der Waals surface area contributed by atoms with E-state index in [4.69, 9.17) is 23.2 Å². The predicted molar refractivity (Wildman–Crippen MR) is 91.3 cm³/mol. The van der Waals surface area contributed by atoms with Crippen LogP contribution in [0.3, 0.4) is 0 Å². The molecule has 1 atom stereocenters. The van der Waals surface area contributed by atoms with Crippen LogP contribution in [0.4, 0.5) is 0 Å². The first-order valence-corrected chi connectivity index (χ1v) is 7.89. The second-order valence-electron chi connectivity index (χ2n) is 5.11. The molecule has 4 nitrogen and oxygen atoms in total. The van der Waals surface area contributed by atoms with Gasteiger partial charge in [-0.3, -0.25) is 4.79 Å². The molecule has 0 aliphatic heterocycles. The molecule has 0 radical (unpaired) electrons. The summed E-state index contributed by atoms with van der Waals surface area (Å²) in [5.41, 5.74) is 1.21. The fourth-order valence-corrected chi connectivity index (χ4v) is 2.38. The maximum absolute atomic E-state index is 11.9. The van der Waals surface area contributed by atoms with Gasteiger partial charge in [0.25, 0.3) is 0 Å². The Morgan fingerprint density at radius 1 is 1.09 bits per heavy atom. The average Bonchev–Trinajstić information content (AvgIpc) is 2.54. The largest absolute Gasteiger partial charge is 0.508 e. The number of phenols is 1. The van der Waals surface area contributed by atoms with Crippen LogP contribution >= 0.6 is 23.2 Å². The molecular weight excluding hydrogens is 337 g/mol. The van der Waals surface area contributed by atoms with E-state index in [0.717, 1.165) is 0 Å². The Balaban J connectivity index is 1.77. The second-order valence-corrected chi connectivity index (χ2v) is 5.93. The summed E-state index contributed by atoms with van der Waals surface area (Å²) < 4.78 is 0. The van der Waals surface area contributed by atoms with Crippen molar-refractivity contribution < 1.29 is 15.0 Å². The predicted octanol–water partition coefficient (Wildman–Crippen LogP) is 3.60. The molecule has 0 aliphatic carbocycles. The van der Waals surface area contributed by atoms with Crippen molar-refractivity contribution in [2.24, 2.45) is 0 Å². The van der Waals surface area contributed by atoms with Crippen LogP contribution in [0.5, 0.6) is 5.75 Å². The van der Waals surface area contributed by atoms with Crippen LogP contribution in [0.2, 0.25) is 10.0 Å². The van der Waals surface area contributed by atoms with Crippen LogP contribution in [-0.4, -0.2) is 29.1 Å². The normalized spacial score (nSPS) is 12.1. The van der Waals surface area contributed by atoms with Gasteiger partial charge in [-0.1, -0.05) is 29.3 Å². The van der Waals surface area contributed by atoms with Gasteiger partial charge in [0.2, 0.25) is 0 Å². The lowest BCUT2D eigenvalue weighted by atomic mass is 10.1. The molecule has 0 saturated heterocycles. The summed E-state index contributed by atoms with van der Waals surface area (Å²) in [6, 6.07) is 11.1. The molecule has 0 bridgehead atoms. The average molecular weight is 354 g/mol. The number of halogens is 2. The van der Waals surface area contributed by atoms with E-state index in [-0.39, 0.29) is 11.5 Å². The minimum Gasteiger partial charge on any atom is -0.508 e. The molecule has 2 aromatic rings. The number of benzene rings is 2. The molecule has 0 aliphatic rings. The van der Waals surface area contributed by atoms with Gasteiger partial charge in [-0.25, -0.2) is 0 Å². The highest BCUT2D eigenvalue weighted by molar-refractivity contribution is 6.42. The molecule has 6 heteroatoms. The molecule has 0 amide bonds. The van der Waals surface area contributed by atoms with Crippen molar-refractivity contribution in [3.05, 3.63) is 63.6 Å². The van der Waals surface area contributed by atoms with Crippen LogP contribution in [0.25, 0.3) is 0 Å². The smallest absolute Gasteiger partial charge is 0.164 e. The number of phenolic OH excluding ortho intramolecular Hbond substituents is 1. The lowest BCUT2D eigenvalue weighted by Crippen LogP contribution is -2.24. The van der Waals surface area contributed by atoms with Gasteiger partial charge in [0.1, 0.15) is 5.75 Å². The minimum absolute atomic E-state index is 0.0264. The number of Topliss-reactive ketones (excluding diaryl/α,β-unsaturated/α-hetero) is 1. The van der Waals surface area contributed by atoms with E-state index in [2.05, 4.69) is 5.32 Å². The Labute approximate surface area is 144 Å². The highest BCUT2D eigenvalue weighted by Gasteiger charge is 2.10. The monoisotopic (exact) mass is 353 g/mol. The molecule has 122 valence electrons. The molecule has 2 aromatic carbocycles. The minimum atomic E-state index is -0.728. The van der Waals surface area contributed by atoms with E-state index in [1.807, 2.05) is 0 Å². The van der Waals surface area contributed by atoms with E-state index in [9.17, 15) is 15.0 Å². The molecular formula is C17H17Cl2NO3. The zero-order chi connectivity index (χ0) is 16.8. The highest BCUT2D eigenvalue weighted by atomic mass is 35.5. The van der Waals surface area contributed by atoms with Crippen LogP contribution in [-0.2, 0) is 0 Å². The third-order valence-corrected chi connectivity index (χ3v) is 4.12. The van der Waals surface area contributed by atoms with Crippen molar-refractivity contribution in [3.8, 4) is 5.75 Å². The number of carbonyl (C=O) groups excluding carboxylic acids is 1. The summed E-state index contributed by atoms with van der Waals surface area (Å²) in [5, 5.41) is 23.1. The van der Waals surface area contributed by atoms with E-state index in [0.29, 0.717) is 40.7 Å². The Bertz CT molecular complexity index is 674. The van der Waals surface area contributed by atoms with Gasteiger partial charge in [-0.05, 0) is 42.0 Å². The van der Waals surface area contributed by atoms with E-state index < -0.39 is 6.10 Å². The molecule has 0 spiro atoms. The van der Waals surface area contributed by atoms with Crippen molar-refractivity contribution >= 4 is 29.0 Å². The zero-order valence-electron chi connectivity index (χ0n) is 12.3. The fourth-order valence-electron chi connectivity index (χ4n) is 2.07. The van der Waals surface area contributed by atoms with Gasteiger partial charge in [-0.2, -0.15) is 0 Å². The van der Waals surface area contributed by atoms with Gasteiger partial charge >= 0.3 is 0 Å². The third kappa shape index (κ3) is 5.22. The van der Waals surface area contributed by atoms with Gasteiger partial charge in [0.15, 0.2) is 5.78 Å². The molecule has 0 fully saturated rings. The molecule has 0 aromatic heterocycles. The van der Waals surface area contributed by atoms with Gasteiger partial charge in [0, 0.05) is 25.1 Å². The number of nitrogens with one attached hydrogen (secondary N) is 1.